The number of ether oxygens (including phenoxy) is 1. The summed E-state index contributed by atoms with van der Waals surface area (Å²) in [6.45, 7) is 13.9. The maximum atomic E-state index is 12.6. The molecule has 0 spiro atoms. The van der Waals surface area contributed by atoms with Gasteiger partial charge in [0.25, 0.3) is 11.8 Å². The van der Waals surface area contributed by atoms with Gasteiger partial charge in [0.1, 0.15) is 12.1 Å². The number of hydrogen-bond acceptors (Lipinski definition) is 19. The second-order valence-corrected chi connectivity index (χ2v) is 25.8. The van der Waals surface area contributed by atoms with Crippen molar-refractivity contribution in [3.05, 3.63) is 12.2 Å². The van der Waals surface area contributed by atoms with Crippen LogP contribution in [0.4, 0.5) is 0 Å². The summed E-state index contributed by atoms with van der Waals surface area (Å²) in [6.07, 6.45) is 8.47. The van der Waals surface area contributed by atoms with Gasteiger partial charge >= 0.3 is 11.9 Å². The molecule has 0 radical (unpaired) electrons. The molecule has 1 rings (SSSR count). The number of imide groups is 1. The molecule has 0 aliphatic carbocycles. The Kier molecular flexibility index (Phi) is 41.0. The molecule has 1 heterocycles. The van der Waals surface area contributed by atoms with E-state index in [9.17, 15) is 62.3 Å². The van der Waals surface area contributed by atoms with Crippen LogP contribution in [0.1, 0.15) is 126 Å². The van der Waals surface area contributed by atoms with E-state index in [0.29, 0.717) is 83.2 Å². The van der Waals surface area contributed by atoms with Gasteiger partial charge in [-0.05, 0) is 93.4 Å². The highest BCUT2D eigenvalue weighted by Gasteiger charge is 2.25. The lowest BCUT2D eigenvalue weighted by atomic mass is 10.1. The number of aliphatic carboxylic acids is 1. The number of carboxylic acid groups (broad SMARTS) is 1. The van der Waals surface area contributed by atoms with E-state index < -0.39 is 60.0 Å². The summed E-state index contributed by atoms with van der Waals surface area (Å²) in [7, 11) is 7.87. The number of carboxylic acids is 1. The van der Waals surface area contributed by atoms with Crippen LogP contribution in [0.2, 0.25) is 0 Å². The molecule has 11 N–H and O–H groups in total. The van der Waals surface area contributed by atoms with Gasteiger partial charge in [-0.2, -0.15) is 0 Å². The first kappa shape index (κ1) is 75.4. The molecule has 30 heteroatoms. The summed E-state index contributed by atoms with van der Waals surface area (Å²) in [5.41, 5.74) is 0. The monoisotopic (exact) mass is 1220 g/mol. The van der Waals surface area contributed by atoms with Crippen molar-refractivity contribution in [1.29, 1.82) is 0 Å². The smallest absolute Gasteiger partial charge is 0.305 e. The van der Waals surface area contributed by atoms with Crippen LogP contribution in [0.3, 0.4) is 0 Å². The highest BCUT2D eigenvalue weighted by molar-refractivity contribution is 8.77. The first-order chi connectivity index (χ1) is 38.2. The summed E-state index contributed by atoms with van der Waals surface area (Å²) in [5.74, 6) is -3.54. The summed E-state index contributed by atoms with van der Waals surface area (Å²) in [4.78, 5) is 154. The number of carbonyl (C=O) groups excluding carboxylic acids is 12. The molecule has 460 valence electrons. The first-order valence-electron chi connectivity index (χ1n) is 26.8. The van der Waals surface area contributed by atoms with Gasteiger partial charge in [0.05, 0.1) is 26.7 Å². The van der Waals surface area contributed by atoms with Gasteiger partial charge in [0.2, 0.25) is 53.7 Å². The summed E-state index contributed by atoms with van der Waals surface area (Å²) >= 11 is 0. The van der Waals surface area contributed by atoms with E-state index in [1.54, 1.807) is 57.0 Å². The molecule has 0 aromatic carbocycles. The van der Waals surface area contributed by atoms with Gasteiger partial charge in [0, 0.05) is 111 Å². The SMILES string of the molecule is CC(NC(=O)CCCSSC(C)(C)CCC(=O)O)C(=O)NCC(=O)NCC(=O)NC(CCCCNC=O)CNCCC(=O)NCCN1C(=O)C=CC1=O.CCNC(=O)CNC(=O)C(C)NC(=O)CCCSSC(C)(C)CCC(=O)OC. The molecule has 0 aromatic heterocycles. The lowest BCUT2D eigenvalue weighted by molar-refractivity contribution is -0.141. The molecular formula is C51H87N11O15S4. The van der Waals surface area contributed by atoms with E-state index >= 15 is 0 Å². The molecule has 0 bridgehead atoms. The topological polar surface area (TPSA) is 375 Å². The molecule has 0 saturated carbocycles. The van der Waals surface area contributed by atoms with E-state index in [4.69, 9.17) is 5.11 Å². The lowest BCUT2D eigenvalue weighted by Crippen LogP contribution is -2.49. The number of carbonyl (C=O) groups is 13. The fourth-order valence-corrected chi connectivity index (χ4v) is 11.9. The number of nitrogens with one attached hydrogen (secondary N) is 10. The van der Waals surface area contributed by atoms with Crippen molar-refractivity contribution >= 4 is 121 Å². The molecule has 81 heavy (non-hydrogen) atoms. The molecule has 1 aliphatic heterocycles. The highest BCUT2D eigenvalue weighted by Crippen LogP contribution is 2.40. The van der Waals surface area contributed by atoms with Gasteiger partial charge in [-0.1, -0.05) is 43.2 Å². The Morgan fingerprint density at radius 2 is 1.14 bits per heavy atom. The number of nitrogens with zero attached hydrogens (tertiary/aromatic N) is 1. The largest absolute Gasteiger partial charge is 0.481 e. The average Bonchev–Trinajstić information content (AvgIpc) is 3.74. The molecule has 3 unspecified atom stereocenters. The van der Waals surface area contributed by atoms with Crippen LogP contribution in [0.5, 0.6) is 0 Å². The number of likely N-dealkylation sites (N-methyl/N-ethyl adjacent to an activating group) is 1. The van der Waals surface area contributed by atoms with Crippen molar-refractivity contribution in [2.45, 2.75) is 153 Å². The summed E-state index contributed by atoms with van der Waals surface area (Å²) < 4.78 is 4.38. The number of amides is 11. The molecule has 0 saturated heterocycles. The molecule has 11 amide bonds. The standard InChI is InChI=1S/C33H54N8O10S2.C18H33N3O5S2/c1-23(39-26(44)8-6-18-52-53-33(2,3)13-11-31(49)50)32(51)38-20-27(45)37-21-28(46)40-24(7-4-5-14-35-22-42)19-34-15-12-25(43)36-16-17-41-29(47)9-10-30(41)48;1-6-19-15(23)12-20-17(25)13(2)21-14(22)8-7-11-27-28-18(3,4)10-9-16(24)26-5/h9-10,22-24,34H,4-8,11-21H2,1-3H3,(H,35,42)(H,36,43)(H,37,45)(H,38,51)(H,39,44)(H,40,46)(H,49,50);13H,6-12H2,1-5H3,(H,19,23)(H,20,25)(H,21,22). The number of esters is 1. The Hall–Kier alpha value is -5.59. The summed E-state index contributed by atoms with van der Waals surface area (Å²) in [5, 5.41) is 35.2. The van der Waals surface area contributed by atoms with Crippen molar-refractivity contribution in [2.75, 3.05) is 77.5 Å². The van der Waals surface area contributed by atoms with Crippen molar-refractivity contribution in [2.24, 2.45) is 0 Å². The van der Waals surface area contributed by atoms with Crippen LogP contribution in [-0.4, -0.2) is 193 Å². The van der Waals surface area contributed by atoms with Gasteiger partial charge in [-0.3, -0.25) is 67.2 Å². The maximum Gasteiger partial charge on any atom is 0.305 e. The Balaban J connectivity index is 0.00000192. The Bertz CT molecular complexity index is 2070. The van der Waals surface area contributed by atoms with Crippen LogP contribution in [0.15, 0.2) is 12.2 Å². The Morgan fingerprint density at radius 3 is 1.64 bits per heavy atom. The minimum atomic E-state index is -0.888. The Labute approximate surface area is 491 Å². The van der Waals surface area contributed by atoms with Crippen LogP contribution in [-0.2, 0) is 67.1 Å². The molecule has 1 aliphatic rings. The van der Waals surface area contributed by atoms with Crippen molar-refractivity contribution in [1.82, 2.24) is 58.1 Å². The predicted molar refractivity (Wildman–Crippen MR) is 314 cm³/mol. The van der Waals surface area contributed by atoms with E-state index in [0.717, 1.165) is 17.1 Å². The third-order valence-electron chi connectivity index (χ3n) is 11.2. The van der Waals surface area contributed by atoms with Gasteiger partial charge in [-0.25, -0.2) is 0 Å². The van der Waals surface area contributed by atoms with Gasteiger partial charge < -0.3 is 63.0 Å². The average molecular weight is 1220 g/mol. The fraction of sp³-hybridized carbons (Fsp3) is 0.706. The lowest BCUT2D eigenvalue weighted by Gasteiger charge is -2.22. The zero-order valence-corrected chi connectivity index (χ0v) is 51.2. The third-order valence-corrected chi connectivity index (χ3v) is 18.1. The quantitative estimate of drug-likeness (QED) is 0.0131. The molecule has 0 fully saturated rings. The van der Waals surface area contributed by atoms with Crippen molar-refractivity contribution < 1.29 is 72.2 Å². The normalized spacial score (nSPS) is 13.0. The van der Waals surface area contributed by atoms with Crippen molar-refractivity contribution in [3.63, 3.8) is 0 Å². The van der Waals surface area contributed by atoms with Crippen LogP contribution in [0, 0.1) is 0 Å². The minimum Gasteiger partial charge on any atom is -0.481 e. The number of methoxy groups -OCH3 is 1. The second kappa shape index (κ2) is 44.1. The van der Waals surface area contributed by atoms with Crippen molar-refractivity contribution in [3.8, 4) is 0 Å². The second-order valence-electron chi connectivity index (χ2n) is 19.5. The third kappa shape index (κ3) is 41.1. The number of unbranched alkanes of at least 4 members (excludes halogenated alkanes) is 1. The molecule has 3 atom stereocenters. The molecule has 26 nitrogen and oxygen atoms in total. The Morgan fingerprint density at radius 1 is 0.617 bits per heavy atom. The molecule has 0 aromatic rings. The van der Waals surface area contributed by atoms with Crippen LogP contribution >= 0.6 is 43.2 Å². The number of rotatable bonds is 44. The van der Waals surface area contributed by atoms with E-state index in [2.05, 4.69) is 71.8 Å². The minimum absolute atomic E-state index is 0.0578. The maximum absolute atomic E-state index is 12.6. The van der Waals surface area contributed by atoms with Crippen LogP contribution in [0.25, 0.3) is 0 Å². The first-order valence-corrected chi connectivity index (χ1v) is 31.4. The van der Waals surface area contributed by atoms with Gasteiger partial charge in [0.15, 0.2) is 0 Å². The summed E-state index contributed by atoms with van der Waals surface area (Å²) in [6, 6.07) is -1.93. The van der Waals surface area contributed by atoms with Gasteiger partial charge in [-0.15, -0.1) is 0 Å². The van der Waals surface area contributed by atoms with Crippen LogP contribution < -0.4 is 53.2 Å². The zero-order valence-electron chi connectivity index (χ0n) is 48.0. The van der Waals surface area contributed by atoms with E-state index in [1.165, 1.54) is 26.2 Å². The van der Waals surface area contributed by atoms with E-state index in [1.807, 2.05) is 13.8 Å². The fourth-order valence-electron chi connectivity index (χ4n) is 6.59. The number of hydrogen-bond donors (Lipinski definition) is 11. The highest BCUT2D eigenvalue weighted by atomic mass is 33.1. The zero-order chi connectivity index (χ0) is 61.2. The predicted octanol–water partition coefficient (Wildman–Crippen LogP) is 0.587. The molecular weight excluding hydrogens is 1130 g/mol. The van der Waals surface area contributed by atoms with E-state index in [-0.39, 0.29) is 97.1 Å².